The van der Waals surface area contributed by atoms with E-state index in [1.54, 1.807) is 0 Å². The topological polar surface area (TPSA) is 26.3 Å². The summed E-state index contributed by atoms with van der Waals surface area (Å²) in [5.74, 6) is -0.00817. The van der Waals surface area contributed by atoms with Crippen LogP contribution in [0, 0.1) is 0 Å². The van der Waals surface area contributed by atoms with E-state index < -0.39 is 8.32 Å². The van der Waals surface area contributed by atoms with Crippen LogP contribution in [-0.2, 0) is 15.6 Å². The first kappa shape index (κ1) is 20.0. The molecule has 0 heterocycles. The van der Waals surface area contributed by atoms with Gasteiger partial charge in [-0.2, -0.15) is 0 Å². The Bertz CT molecular complexity index is 409. The second-order valence-corrected chi connectivity index (χ2v) is 10.7. The van der Waals surface area contributed by atoms with Gasteiger partial charge in [0.25, 0.3) is 14.3 Å². The van der Waals surface area contributed by atoms with Crippen molar-refractivity contribution in [3.63, 3.8) is 0 Å². The third-order valence-electron chi connectivity index (χ3n) is 4.48. The fourth-order valence-electron chi connectivity index (χ4n) is 3.07. The fraction of sp³-hybridized carbons (Fsp3) is 0.650. The third kappa shape index (κ3) is 7.82. The number of carbonyl (C=O) groups excluding carboxylic acids is 1. The molecule has 0 aliphatic heterocycles. The smallest absolute Gasteiger partial charge is 0.296 e. The summed E-state index contributed by atoms with van der Waals surface area (Å²) in [6.07, 6.45) is 7.55. The van der Waals surface area contributed by atoms with Gasteiger partial charge in [0.1, 0.15) is 0 Å². The molecule has 1 rings (SSSR count). The zero-order valence-corrected chi connectivity index (χ0v) is 16.3. The van der Waals surface area contributed by atoms with Crippen molar-refractivity contribution in [3.05, 3.63) is 35.9 Å². The molecule has 0 amide bonds. The molecule has 0 aliphatic rings. The Morgan fingerprint density at radius 2 is 1.35 bits per heavy atom. The van der Waals surface area contributed by atoms with Gasteiger partial charge in [-0.3, -0.25) is 4.79 Å². The molecule has 0 saturated carbocycles. The van der Waals surface area contributed by atoms with Crippen molar-refractivity contribution in [3.8, 4) is 0 Å². The number of rotatable bonds is 12. The van der Waals surface area contributed by atoms with Crippen molar-refractivity contribution >= 4 is 14.3 Å². The van der Waals surface area contributed by atoms with E-state index in [2.05, 4.69) is 20.8 Å². The fourth-order valence-corrected chi connectivity index (χ4v) is 7.67. The van der Waals surface area contributed by atoms with Gasteiger partial charge in [-0.25, -0.2) is 0 Å². The molecule has 0 spiro atoms. The first-order valence-electron chi connectivity index (χ1n) is 9.41. The van der Waals surface area contributed by atoms with Crippen molar-refractivity contribution in [2.45, 2.75) is 83.8 Å². The van der Waals surface area contributed by atoms with Crippen LogP contribution in [0.2, 0.25) is 18.1 Å². The zero-order chi connectivity index (χ0) is 17.0. The maximum atomic E-state index is 12.5. The molecular formula is C20H34O2Si. The van der Waals surface area contributed by atoms with Crippen molar-refractivity contribution < 1.29 is 9.22 Å². The number of hydrogen-bond acceptors (Lipinski definition) is 2. The van der Waals surface area contributed by atoms with Gasteiger partial charge in [-0.1, -0.05) is 89.6 Å². The molecule has 2 nitrogen and oxygen atoms in total. The van der Waals surface area contributed by atoms with Crippen molar-refractivity contribution in [2.24, 2.45) is 0 Å². The van der Waals surface area contributed by atoms with Gasteiger partial charge in [-0.15, -0.1) is 0 Å². The van der Waals surface area contributed by atoms with Crippen LogP contribution in [0.15, 0.2) is 30.3 Å². The predicted molar refractivity (Wildman–Crippen MR) is 101 cm³/mol. The van der Waals surface area contributed by atoms with Gasteiger partial charge in [0.2, 0.25) is 0 Å². The molecule has 0 aromatic heterocycles. The minimum absolute atomic E-state index is 0.00817. The van der Waals surface area contributed by atoms with E-state index in [4.69, 9.17) is 4.43 Å². The largest absolute Gasteiger partial charge is 0.519 e. The summed E-state index contributed by atoms with van der Waals surface area (Å²) < 4.78 is 6.25. The molecule has 130 valence electrons. The van der Waals surface area contributed by atoms with Crippen LogP contribution in [-0.4, -0.2) is 14.3 Å². The predicted octanol–water partition coefficient (Wildman–Crippen LogP) is 6.12. The Labute approximate surface area is 143 Å². The van der Waals surface area contributed by atoms with E-state index in [1.165, 1.54) is 38.5 Å². The highest BCUT2D eigenvalue weighted by Crippen LogP contribution is 2.30. The maximum absolute atomic E-state index is 12.5. The second-order valence-electron chi connectivity index (χ2n) is 6.63. The monoisotopic (exact) mass is 334 g/mol. The summed E-state index contributed by atoms with van der Waals surface area (Å²) in [4.78, 5) is 12.5. The van der Waals surface area contributed by atoms with Crippen molar-refractivity contribution in [1.82, 2.24) is 0 Å². The Kier molecular flexibility index (Phi) is 9.93. The van der Waals surface area contributed by atoms with Gasteiger partial charge >= 0.3 is 0 Å². The highest BCUT2D eigenvalue weighted by Gasteiger charge is 2.36. The normalized spacial score (nSPS) is 11.4. The van der Waals surface area contributed by atoms with Crippen molar-refractivity contribution in [1.29, 1.82) is 0 Å². The first-order chi connectivity index (χ1) is 11.2. The van der Waals surface area contributed by atoms with Crippen LogP contribution in [0.25, 0.3) is 0 Å². The Hall–Kier alpha value is -1.09. The van der Waals surface area contributed by atoms with Gasteiger partial charge in [0, 0.05) is 0 Å². The second kappa shape index (κ2) is 11.4. The lowest BCUT2D eigenvalue weighted by Crippen LogP contribution is -2.40. The molecular weight excluding hydrogens is 300 g/mol. The van der Waals surface area contributed by atoms with Crippen LogP contribution in [0.4, 0.5) is 0 Å². The van der Waals surface area contributed by atoms with Crippen LogP contribution >= 0.6 is 0 Å². The quantitative estimate of drug-likeness (QED) is 0.430. The molecule has 0 unspecified atom stereocenters. The van der Waals surface area contributed by atoms with Gasteiger partial charge < -0.3 is 4.43 Å². The van der Waals surface area contributed by atoms with Gasteiger partial charge in [-0.05, 0) is 23.7 Å². The molecule has 0 saturated heterocycles. The summed E-state index contributed by atoms with van der Waals surface area (Å²) in [5, 5.41) is 0. The number of carbonyl (C=O) groups is 1. The first-order valence-corrected chi connectivity index (χ1v) is 11.9. The average Bonchev–Trinajstić information content (AvgIpc) is 2.57. The maximum Gasteiger partial charge on any atom is 0.296 e. The number of hydrogen-bond donors (Lipinski definition) is 0. The summed E-state index contributed by atoms with van der Waals surface area (Å²) in [7, 11) is -1.92. The Balaban J connectivity index is 2.76. The van der Waals surface area contributed by atoms with Crippen LogP contribution in [0.5, 0.6) is 0 Å². The molecule has 0 radical (unpaired) electrons. The molecule has 0 fully saturated rings. The lowest BCUT2D eigenvalue weighted by Gasteiger charge is -2.31. The van der Waals surface area contributed by atoms with E-state index in [9.17, 15) is 4.79 Å². The summed E-state index contributed by atoms with van der Waals surface area (Å²) in [6.45, 7) is 6.68. The van der Waals surface area contributed by atoms with Gasteiger partial charge in [0.05, 0.1) is 6.42 Å². The summed E-state index contributed by atoms with van der Waals surface area (Å²) in [5.41, 5.74) is 1.06. The molecule has 0 atom stereocenters. The van der Waals surface area contributed by atoms with E-state index in [0.717, 1.165) is 23.7 Å². The molecule has 0 N–H and O–H groups in total. The van der Waals surface area contributed by atoms with E-state index in [0.29, 0.717) is 6.42 Å². The highest BCUT2D eigenvalue weighted by molar-refractivity contribution is 6.75. The molecule has 0 aliphatic carbocycles. The average molecular weight is 335 g/mol. The van der Waals surface area contributed by atoms with E-state index in [1.807, 2.05) is 30.3 Å². The minimum Gasteiger partial charge on any atom is -0.519 e. The molecule has 1 aromatic rings. The van der Waals surface area contributed by atoms with Crippen LogP contribution < -0.4 is 0 Å². The van der Waals surface area contributed by atoms with Gasteiger partial charge in [0.15, 0.2) is 0 Å². The molecule has 23 heavy (non-hydrogen) atoms. The summed E-state index contributed by atoms with van der Waals surface area (Å²) >= 11 is 0. The third-order valence-corrected chi connectivity index (χ3v) is 8.93. The molecule has 3 heteroatoms. The van der Waals surface area contributed by atoms with Crippen LogP contribution in [0.1, 0.15) is 64.9 Å². The minimum atomic E-state index is -1.92. The zero-order valence-electron chi connectivity index (χ0n) is 15.3. The van der Waals surface area contributed by atoms with E-state index >= 15 is 0 Å². The molecule has 0 bridgehead atoms. The van der Waals surface area contributed by atoms with Crippen molar-refractivity contribution in [2.75, 3.05) is 0 Å². The lowest BCUT2D eigenvalue weighted by atomic mass is 10.2. The molecule has 1 aromatic carbocycles. The SMILES string of the molecule is CCCC[Si](CCCC)(CCCC)OC(=O)Cc1ccccc1. The summed E-state index contributed by atoms with van der Waals surface area (Å²) in [6, 6.07) is 13.4. The standard InChI is InChI=1S/C20H34O2Si/c1-4-7-15-23(16-8-5-2,17-9-6-3)22-20(21)18-19-13-11-10-12-14-19/h10-14H,4-9,15-18H2,1-3H3. The Morgan fingerprint density at radius 3 is 1.78 bits per heavy atom. The number of benzene rings is 1. The highest BCUT2D eigenvalue weighted by atomic mass is 28.4. The van der Waals surface area contributed by atoms with Crippen LogP contribution in [0.3, 0.4) is 0 Å². The van der Waals surface area contributed by atoms with E-state index in [-0.39, 0.29) is 5.97 Å². The lowest BCUT2D eigenvalue weighted by molar-refractivity contribution is -0.134. The Morgan fingerprint density at radius 1 is 0.870 bits per heavy atom. The number of unbranched alkanes of at least 4 members (excludes halogenated alkanes) is 3.